The number of ether oxygens (including phenoxy) is 1. The maximum absolute atomic E-state index is 12.5. The molecule has 0 radical (unpaired) electrons. The van der Waals surface area contributed by atoms with Crippen LogP contribution >= 0.6 is 0 Å². The van der Waals surface area contributed by atoms with Gasteiger partial charge in [0.25, 0.3) is 0 Å². The third-order valence-electron chi connectivity index (χ3n) is 5.13. The Hall–Kier alpha value is -2.70. The largest absolute Gasteiger partial charge is 0.485 e. The summed E-state index contributed by atoms with van der Waals surface area (Å²) in [5, 5.41) is 6.68. The molecule has 2 aromatic rings. The number of hydrogen-bond donors (Lipinski definition) is 1. The predicted octanol–water partition coefficient (Wildman–Crippen LogP) is 3.15. The van der Waals surface area contributed by atoms with E-state index in [0.29, 0.717) is 29.6 Å². The molecule has 1 fully saturated rings. The van der Waals surface area contributed by atoms with Crippen LogP contribution in [0, 0.1) is 24.2 Å². The Bertz CT molecular complexity index is 810. The number of aryl methyl sites for hydroxylation is 1. The zero-order valence-corrected chi connectivity index (χ0v) is 15.4. The zero-order valence-electron chi connectivity index (χ0n) is 15.4. The van der Waals surface area contributed by atoms with Gasteiger partial charge in [0.15, 0.2) is 6.61 Å². The Morgan fingerprint density at radius 1 is 1.27 bits per heavy atom. The van der Waals surface area contributed by atoms with E-state index in [2.05, 4.69) is 15.5 Å². The molecular weight excluding hydrogens is 334 g/mol. The van der Waals surface area contributed by atoms with E-state index in [1.54, 1.807) is 38.1 Å². The van der Waals surface area contributed by atoms with Crippen LogP contribution in [0.3, 0.4) is 0 Å². The molecule has 0 unspecified atom stereocenters. The average molecular weight is 357 g/mol. The van der Waals surface area contributed by atoms with Gasteiger partial charge >= 0.3 is 0 Å². The molecule has 1 N–H and O–H groups in total. The van der Waals surface area contributed by atoms with Crippen molar-refractivity contribution >= 4 is 17.4 Å². The van der Waals surface area contributed by atoms with Gasteiger partial charge in [-0.1, -0.05) is 19.0 Å². The molecule has 1 saturated carbocycles. The summed E-state index contributed by atoms with van der Waals surface area (Å²) in [4.78, 5) is 28.2. The fourth-order valence-corrected chi connectivity index (χ4v) is 3.47. The highest BCUT2D eigenvalue weighted by molar-refractivity contribution is 5.95. The van der Waals surface area contributed by atoms with E-state index in [9.17, 15) is 9.59 Å². The molecular formula is C19H23N3O4. The lowest BCUT2D eigenvalue weighted by Crippen LogP contribution is -2.53. The summed E-state index contributed by atoms with van der Waals surface area (Å²) in [5.41, 5.74) is 0.390. The van der Waals surface area contributed by atoms with Crippen molar-refractivity contribution in [1.29, 1.82) is 0 Å². The summed E-state index contributed by atoms with van der Waals surface area (Å²) in [6, 6.07) is 7.10. The Morgan fingerprint density at radius 3 is 2.50 bits per heavy atom. The van der Waals surface area contributed by atoms with Gasteiger partial charge in [-0.25, -0.2) is 0 Å². The Kier molecular flexibility index (Phi) is 4.80. The molecule has 0 aliphatic heterocycles. The van der Waals surface area contributed by atoms with Gasteiger partial charge in [0, 0.05) is 24.4 Å². The van der Waals surface area contributed by atoms with Crippen LogP contribution < -0.4 is 10.1 Å². The summed E-state index contributed by atoms with van der Waals surface area (Å²) in [6.07, 6.45) is 0.611. The Balaban J connectivity index is 1.54. The van der Waals surface area contributed by atoms with Crippen LogP contribution in [-0.4, -0.2) is 21.8 Å². The summed E-state index contributed by atoms with van der Waals surface area (Å²) >= 11 is 0. The number of ketones is 1. The van der Waals surface area contributed by atoms with Crippen molar-refractivity contribution in [2.24, 2.45) is 17.3 Å². The summed E-state index contributed by atoms with van der Waals surface area (Å²) < 4.78 is 10.5. The minimum absolute atomic E-state index is 0.0391. The van der Waals surface area contributed by atoms with E-state index in [-0.39, 0.29) is 35.5 Å². The second-order valence-corrected chi connectivity index (χ2v) is 7.30. The van der Waals surface area contributed by atoms with Crippen LogP contribution in [0.4, 0.5) is 5.69 Å². The molecule has 7 nitrogen and oxygen atoms in total. The van der Waals surface area contributed by atoms with E-state index < -0.39 is 0 Å². The van der Waals surface area contributed by atoms with Crippen molar-refractivity contribution in [3.63, 3.8) is 0 Å². The van der Waals surface area contributed by atoms with Crippen molar-refractivity contribution in [2.75, 3.05) is 5.32 Å². The van der Waals surface area contributed by atoms with E-state index in [4.69, 9.17) is 9.26 Å². The van der Waals surface area contributed by atoms with Gasteiger partial charge in [0.1, 0.15) is 11.5 Å². The fraction of sp³-hybridized carbons (Fsp3) is 0.474. The lowest BCUT2D eigenvalue weighted by atomic mass is 9.53. The monoisotopic (exact) mass is 357 g/mol. The summed E-state index contributed by atoms with van der Waals surface area (Å²) in [6.45, 7) is 7.48. The molecule has 0 bridgehead atoms. The Labute approximate surface area is 152 Å². The van der Waals surface area contributed by atoms with E-state index in [1.165, 1.54) is 0 Å². The number of Topliss-reactive ketones (excluding diaryl/α,β-unsaturated/α-hetero) is 1. The summed E-state index contributed by atoms with van der Waals surface area (Å²) in [7, 11) is 0. The van der Waals surface area contributed by atoms with Crippen molar-refractivity contribution in [2.45, 2.75) is 40.7 Å². The molecule has 1 amide bonds. The van der Waals surface area contributed by atoms with Gasteiger partial charge in [-0.05, 0) is 43.0 Å². The number of anilines is 1. The minimum Gasteiger partial charge on any atom is -0.485 e. The van der Waals surface area contributed by atoms with Crippen LogP contribution in [0.2, 0.25) is 0 Å². The normalized spacial score (nSPS) is 20.9. The number of carbonyl (C=O) groups excluding carboxylic acids is 2. The van der Waals surface area contributed by atoms with Gasteiger partial charge < -0.3 is 14.6 Å². The third kappa shape index (κ3) is 3.61. The number of amides is 1. The molecule has 26 heavy (non-hydrogen) atoms. The lowest BCUT2D eigenvalue weighted by Gasteiger charge is -2.49. The number of rotatable bonds is 6. The van der Waals surface area contributed by atoms with Gasteiger partial charge in [0.05, 0.1) is 0 Å². The first-order chi connectivity index (χ1) is 12.3. The van der Waals surface area contributed by atoms with Crippen LogP contribution in [0.15, 0.2) is 28.8 Å². The number of nitrogens with one attached hydrogen (secondary N) is 1. The quantitative estimate of drug-likeness (QED) is 0.853. The molecule has 1 heterocycles. The van der Waals surface area contributed by atoms with Crippen LogP contribution in [0.5, 0.6) is 5.75 Å². The first-order valence-electron chi connectivity index (χ1n) is 8.60. The molecule has 0 saturated heterocycles. The van der Waals surface area contributed by atoms with Gasteiger partial charge in [-0.2, -0.15) is 4.98 Å². The molecule has 2 atom stereocenters. The van der Waals surface area contributed by atoms with Gasteiger partial charge in [-0.15, -0.1) is 0 Å². The number of nitrogens with zero attached hydrogens (tertiary/aromatic N) is 2. The third-order valence-corrected chi connectivity index (χ3v) is 5.13. The fourth-order valence-electron chi connectivity index (χ4n) is 3.47. The van der Waals surface area contributed by atoms with Crippen LogP contribution in [0.25, 0.3) is 0 Å². The lowest BCUT2D eigenvalue weighted by molar-refractivity contribution is -0.145. The predicted molar refractivity (Wildman–Crippen MR) is 94.5 cm³/mol. The minimum atomic E-state index is -0.304. The van der Waals surface area contributed by atoms with Crippen LogP contribution in [-0.2, 0) is 16.2 Å². The smallest absolute Gasteiger partial charge is 0.228 e. The van der Waals surface area contributed by atoms with E-state index in [0.717, 1.165) is 0 Å². The topological polar surface area (TPSA) is 94.3 Å². The molecule has 138 valence electrons. The van der Waals surface area contributed by atoms with Crippen LogP contribution in [0.1, 0.15) is 38.9 Å². The highest BCUT2D eigenvalue weighted by Crippen LogP contribution is 2.52. The number of benzene rings is 1. The second kappa shape index (κ2) is 6.90. The second-order valence-electron chi connectivity index (χ2n) is 7.30. The summed E-state index contributed by atoms with van der Waals surface area (Å²) in [5.74, 6) is 1.52. The SMILES string of the molecule is CC(=O)[C@@H]1C[C@H](C(=O)Nc2ccc(OCc3noc(C)n3)cc2)C1(C)C. The molecule has 0 spiro atoms. The van der Waals surface area contributed by atoms with Crippen molar-refractivity contribution in [3.05, 3.63) is 36.0 Å². The molecule has 1 aliphatic carbocycles. The standard InChI is InChI=1S/C19H23N3O4/c1-11(23)15-9-16(19(15,3)4)18(24)21-13-5-7-14(8-6-13)25-10-17-20-12(2)26-22-17/h5-8,15-16H,9-10H2,1-4H3,(H,21,24)/t15-,16+/m0/s1. The maximum atomic E-state index is 12.5. The molecule has 1 aliphatic rings. The molecule has 7 heteroatoms. The molecule has 1 aromatic heterocycles. The van der Waals surface area contributed by atoms with Gasteiger partial charge in [0.2, 0.25) is 17.6 Å². The maximum Gasteiger partial charge on any atom is 0.228 e. The van der Waals surface area contributed by atoms with E-state index in [1.807, 2.05) is 13.8 Å². The van der Waals surface area contributed by atoms with Crippen molar-refractivity contribution in [1.82, 2.24) is 10.1 Å². The molecule has 1 aromatic carbocycles. The number of hydrogen-bond acceptors (Lipinski definition) is 6. The van der Waals surface area contributed by atoms with Crippen molar-refractivity contribution in [3.8, 4) is 5.75 Å². The highest BCUT2D eigenvalue weighted by Gasteiger charge is 2.53. The first-order valence-corrected chi connectivity index (χ1v) is 8.60. The molecule has 3 rings (SSSR count). The Morgan fingerprint density at radius 2 is 1.96 bits per heavy atom. The van der Waals surface area contributed by atoms with Crippen molar-refractivity contribution < 1.29 is 18.8 Å². The first kappa shape index (κ1) is 18.1. The highest BCUT2D eigenvalue weighted by atomic mass is 16.5. The van der Waals surface area contributed by atoms with E-state index >= 15 is 0 Å². The number of carbonyl (C=O) groups is 2. The van der Waals surface area contributed by atoms with Gasteiger partial charge in [-0.3, -0.25) is 9.59 Å². The number of aromatic nitrogens is 2. The average Bonchev–Trinajstić information content (AvgIpc) is 2.98. The zero-order chi connectivity index (χ0) is 18.9.